The van der Waals surface area contributed by atoms with E-state index in [1.54, 1.807) is 0 Å². The lowest BCUT2D eigenvalue weighted by Gasteiger charge is -2.42. The lowest BCUT2D eigenvalue weighted by Crippen LogP contribution is -2.74. The number of ether oxygens (including phenoxy) is 2. The van der Waals surface area contributed by atoms with Crippen molar-refractivity contribution in [1.82, 2.24) is 0 Å². The van der Waals surface area contributed by atoms with Crippen LogP contribution in [-0.4, -0.2) is 68.0 Å². The summed E-state index contributed by atoms with van der Waals surface area (Å²) in [6, 6.07) is 2.34. The second-order valence-electron chi connectivity index (χ2n) is 6.89. The van der Waals surface area contributed by atoms with E-state index in [2.05, 4.69) is 9.47 Å². The van der Waals surface area contributed by atoms with Gasteiger partial charge in [-0.05, 0) is 12.1 Å². The Morgan fingerprint density at radius 3 is 1.54 bits per heavy atom. The number of alkyl halides is 16. The predicted octanol–water partition coefficient (Wildman–Crippen LogP) is 6.35. The van der Waals surface area contributed by atoms with Gasteiger partial charge in [-0.2, -0.15) is 61.5 Å². The molecule has 1 aromatic rings. The number of amides is 1. The highest BCUT2D eigenvalue weighted by Gasteiger charge is 2.94. The summed E-state index contributed by atoms with van der Waals surface area (Å²) in [5.74, 6) is -61.2. The van der Waals surface area contributed by atoms with Crippen LogP contribution >= 0.6 is 0 Å². The van der Waals surface area contributed by atoms with Crippen molar-refractivity contribution in [3.63, 3.8) is 0 Å². The van der Waals surface area contributed by atoms with E-state index in [-0.39, 0.29) is 5.75 Å². The maximum atomic E-state index is 14.0. The fourth-order valence-corrected chi connectivity index (χ4v) is 2.39. The normalized spacial score (nSPS) is 14.6. The van der Waals surface area contributed by atoms with Gasteiger partial charge in [-0.3, -0.25) is 4.79 Å². The molecule has 0 aliphatic heterocycles. The summed E-state index contributed by atoms with van der Waals surface area (Å²) in [5, 5.41) is 0.807. The molecule has 0 spiro atoms. The monoisotopic (exact) mass is 581 g/mol. The highest BCUT2D eigenvalue weighted by molar-refractivity contribution is 5.98. The van der Waals surface area contributed by atoms with E-state index in [1.165, 1.54) is 0 Å². The molecule has 0 heterocycles. The number of carbonyl (C=O) groups is 1. The minimum Gasteiger partial charge on any atom is -0.497 e. The fourth-order valence-electron chi connectivity index (χ4n) is 2.39. The van der Waals surface area contributed by atoms with Crippen LogP contribution in [0.15, 0.2) is 18.2 Å². The largest absolute Gasteiger partial charge is 0.497 e. The molecule has 37 heavy (non-hydrogen) atoms. The van der Waals surface area contributed by atoms with Crippen molar-refractivity contribution in [2.45, 2.75) is 47.9 Å². The average Bonchev–Trinajstić information content (AvgIpc) is 2.77. The zero-order chi connectivity index (χ0) is 29.6. The first-order valence-corrected chi connectivity index (χ1v) is 8.79. The van der Waals surface area contributed by atoms with Gasteiger partial charge in [-0.25, -0.2) is 8.78 Å². The first kappa shape index (κ1) is 32.2. The molecule has 1 amide bonds. The van der Waals surface area contributed by atoms with Crippen LogP contribution in [0.2, 0.25) is 0 Å². The Kier molecular flexibility index (Phi) is 8.25. The number of methoxy groups -OCH3 is 2. The molecule has 0 fully saturated rings. The summed E-state index contributed by atoms with van der Waals surface area (Å²) >= 11 is 0. The second kappa shape index (κ2) is 9.48. The van der Waals surface area contributed by atoms with E-state index in [4.69, 9.17) is 0 Å². The zero-order valence-electron chi connectivity index (χ0n) is 17.6. The lowest BCUT2D eigenvalue weighted by molar-refractivity contribution is -0.443. The third-order valence-electron chi connectivity index (χ3n) is 4.60. The average molecular weight is 581 g/mol. The van der Waals surface area contributed by atoms with Crippen molar-refractivity contribution in [2.75, 3.05) is 19.5 Å². The number of anilines is 1. The van der Waals surface area contributed by atoms with E-state index in [9.17, 15) is 75.0 Å². The molecule has 20 heteroatoms. The molecule has 0 unspecified atom stereocenters. The van der Waals surface area contributed by atoms with Crippen molar-refractivity contribution >= 4 is 11.6 Å². The molecular weight excluding hydrogens is 570 g/mol. The number of hydrogen-bond donors (Lipinski definition) is 1. The van der Waals surface area contributed by atoms with Gasteiger partial charge in [0.15, 0.2) is 0 Å². The van der Waals surface area contributed by atoms with E-state index in [0.29, 0.717) is 6.07 Å². The van der Waals surface area contributed by atoms with Crippen molar-refractivity contribution in [1.29, 1.82) is 0 Å². The second-order valence-corrected chi connectivity index (χ2v) is 6.89. The summed E-state index contributed by atoms with van der Waals surface area (Å²) in [4.78, 5) is 11.6. The summed E-state index contributed by atoms with van der Waals surface area (Å²) in [7, 11) is 1.72. The summed E-state index contributed by atoms with van der Waals surface area (Å²) < 4.78 is 223. The standard InChI is InChI=1S/C17H11F16NO3/c1-36-6-3-4-8(37-2)7(5-6)34-10(35)12(22,23)14(26,27)16(30,31)17(32,33)15(28,29)13(24,25)11(20,21)9(18)19/h3-5,9H,1-2H3,(H,34,35). The molecule has 1 N–H and O–H groups in total. The minimum atomic E-state index is -8.59. The van der Waals surface area contributed by atoms with Crippen LogP contribution < -0.4 is 14.8 Å². The van der Waals surface area contributed by atoms with Gasteiger partial charge < -0.3 is 14.8 Å². The van der Waals surface area contributed by atoms with Crippen LogP contribution in [0.3, 0.4) is 0 Å². The molecule has 0 aromatic heterocycles. The lowest BCUT2D eigenvalue weighted by atomic mass is 9.89. The summed E-state index contributed by atoms with van der Waals surface area (Å²) in [6.45, 7) is 0. The van der Waals surface area contributed by atoms with Crippen molar-refractivity contribution in [2.24, 2.45) is 0 Å². The van der Waals surface area contributed by atoms with Crippen LogP contribution in [0.1, 0.15) is 0 Å². The van der Waals surface area contributed by atoms with Gasteiger partial charge in [0.1, 0.15) is 11.5 Å². The van der Waals surface area contributed by atoms with Crippen LogP contribution in [0, 0.1) is 0 Å². The number of benzene rings is 1. The number of nitrogens with one attached hydrogen (secondary N) is 1. The topological polar surface area (TPSA) is 47.6 Å². The van der Waals surface area contributed by atoms with E-state index < -0.39 is 65.2 Å². The Bertz CT molecular complexity index is 995. The molecule has 0 atom stereocenters. The van der Waals surface area contributed by atoms with Gasteiger partial charge in [0.05, 0.1) is 19.9 Å². The predicted molar refractivity (Wildman–Crippen MR) is 88.8 cm³/mol. The Balaban J connectivity index is 3.59. The first-order chi connectivity index (χ1) is 16.3. The van der Waals surface area contributed by atoms with E-state index in [1.807, 2.05) is 0 Å². The summed E-state index contributed by atoms with van der Waals surface area (Å²) in [5.41, 5.74) is -1.08. The smallest absolute Gasteiger partial charge is 0.393 e. The minimum absolute atomic E-state index is 0.343. The Morgan fingerprint density at radius 2 is 1.14 bits per heavy atom. The molecule has 0 radical (unpaired) electrons. The van der Waals surface area contributed by atoms with Gasteiger partial charge in [0, 0.05) is 6.07 Å². The molecular formula is C17H11F16NO3. The number of carbonyl (C=O) groups excluding carboxylic acids is 1. The number of halogens is 16. The van der Waals surface area contributed by atoms with E-state index in [0.717, 1.165) is 31.7 Å². The maximum absolute atomic E-state index is 14.0. The highest BCUT2D eigenvalue weighted by Crippen LogP contribution is 2.62. The number of rotatable bonds is 11. The molecule has 0 aliphatic carbocycles. The Morgan fingerprint density at radius 1 is 0.703 bits per heavy atom. The molecule has 1 rings (SSSR count). The quantitative estimate of drug-likeness (QED) is 0.310. The molecule has 0 aliphatic rings. The summed E-state index contributed by atoms with van der Waals surface area (Å²) in [6.07, 6.45) is -5.94. The Labute approximate surface area is 194 Å². The van der Waals surface area contributed by atoms with Crippen LogP contribution in [-0.2, 0) is 4.79 Å². The zero-order valence-corrected chi connectivity index (χ0v) is 17.6. The molecule has 214 valence electrons. The number of hydrogen-bond acceptors (Lipinski definition) is 3. The Hall–Kier alpha value is -2.83. The third kappa shape index (κ3) is 4.55. The fraction of sp³-hybridized carbons (Fsp3) is 0.588. The van der Waals surface area contributed by atoms with Crippen molar-refractivity contribution in [3.8, 4) is 11.5 Å². The first-order valence-electron chi connectivity index (χ1n) is 8.79. The van der Waals surface area contributed by atoms with Crippen molar-refractivity contribution < 1.29 is 84.5 Å². The van der Waals surface area contributed by atoms with Crippen molar-refractivity contribution in [3.05, 3.63) is 18.2 Å². The van der Waals surface area contributed by atoms with Crippen LogP contribution in [0.25, 0.3) is 0 Å². The molecule has 0 saturated carbocycles. The van der Waals surface area contributed by atoms with Gasteiger partial charge in [-0.1, -0.05) is 0 Å². The maximum Gasteiger partial charge on any atom is 0.393 e. The molecule has 4 nitrogen and oxygen atoms in total. The van der Waals surface area contributed by atoms with E-state index >= 15 is 0 Å². The van der Waals surface area contributed by atoms with Gasteiger partial charge in [0.25, 0.3) is 0 Å². The molecule has 0 bridgehead atoms. The molecule has 1 aromatic carbocycles. The highest BCUT2D eigenvalue weighted by atomic mass is 19.4. The van der Waals surface area contributed by atoms with Gasteiger partial charge >= 0.3 is 53.8 Å². The molecule has 0 saturated heterocycles. The van der Waals surface area contributed by atoms with Crippen LogP contribution in [0.5, 0.6) is 11.5 Å². The SMILES string of the molecule is COc1ccc(OC)c(NC(=O)C(F)(F)C(F)(F)C(F)(F)C(F)(F)C(F)(F)C(F)(F)C(F)(F)C(F)F)c1. The van der Waals surface area contributed by atoms with Gasteiger partial charge in [-0.15, -0.1) is 0 Å². The third-order valence-corrected chi connectivity index (χ3v) is 4.60. The van der Waals surface area contributed by atoms with Gasteiger partial charge in [0.2, 0.25) is 0 Å². The van der Waals surface area contributed by atoms with Crippen LogP contribution in [0.4, 0.5) is 75.9 Å².